The Bertz CT molecular complexity index is 595. The van der Waals surface area contributed by atoms with Crippen LogP contribution in [0.3, 0.4) is 0 Å². The van der Waals surface area contributed by atoms with E-state index in [0.717, 1.165) is 29.9 Å². The van der Waals surface area contributed by atoms with Crippen LogP contribution in [0.1, 0.15) is 55.4 Å². The molecule has 1 aliphatic rings. The largest absolute Gasteiger partial charge is 0.465 e. The third kappa shape index (κ3) is 3.57. The van der Waals surface area contributed by atoms with E-state index in [2.05, 4.69) is 27.7 Å². The number of hydrogen-bond acceptors (Lipinski definition) is 4. The van der Waals surface area contributed by atoms with E-state index < -0.39 is 5.38 Å². The van der Waals surface area contributed by atoms with Gasteiger partial charge in [0.1, 0.15) is 5.38 Å². The zero-order valence-corrected chi connectivity index (χ0v) is 15.3. The highest BCUT2D eigenvalue weighted by atomic mass is 35.5. The van der Waals surface area contributed by atoms with Crippen molar-refractivity contribution in [3.05, 3.63) is 22.3 Å². The highest BCUT2D eigenvalue weighted by molar-refractivity contribution is 6.29. The molecule has 128 valence electrons. The molecule has 2 rings (SSSR count). The maximum Gasteiger partial charge on any atom is 0.323 e. The van der Waals surface area contributed by atoms with Gasteiger partial charge in [-0.25, -0.2) is 0 Å². The average molecular weight is 341 g/mol. The number of carbonyl (C=O) groups is 1. The molecule has 0 radical (unpaired) electrons. The van der Waals surface area contributed by atoms with E-state index in [9.17, 15) is 4.79 Å². The van der Waals surface area contributed by atoms with Gasteiger partial charge in [-0.2, -0.15) is 0 Å². The second kappa shape index (κ2) is 7.43. The molecule has 1 aromatic rings. The summed E-state index contributed by atoms with van der Waals surface area (Å²) < 4.78 is 16.5. The monoisotopic (exact) mass is 340 g/mol. The molecule has 2 atom stereocenters. The second-order valence-corrected chi connectivity index (χ2v) is 6.69. The molecule has 2 unspecified atom stereocenters. The lowest BCUT2D eigenvalue weighted by Crippen LogP contribution is -2.16. The van der Waals surface area contributed by atoms with Gasteiger partial charge in [-0.1, -0.05) is 13.8 Å². The topological polar surface area (TPSA) is 44.8 Å². The fourth-order valence-corrected chi connectivity index (χ4v) is 3.34. The van der Waals surface area contributed by atoms with E-state index in [0.29, 0.717) is 6.61 Å². The molecule has 1 aliphatic heterocycles. The lowest BCUT2D eigenvalue weighted by atomic mass is 9.85. The number of fused-ring (bicyclic) bond motifs is 1. The first kappa shape index (κ1) is 17.9. The van der Waals surface area contributed by atoms with Gasteiger partial charge in [-0.15, -0.1) is 11.6 Å². The summed E-state index contributed by atoms with van der Waals surface area (Å²) >= 11 is 5.71. The van der Waals surface area contributed by atoms with E-state index in [1.54, 1.807) is 6.92 Å². The minimum atomic E-state index is -0.606. The van der Waals surface area contributed by atoms with E-state index in [4.69, 9.17) is 25.8 Å². The Morgan fingerprint density at radius 3 is 2.48 bits per heavy atom. The summed E-state index contributed by atoms with van der Waals surface area (Å²) in [6.07, 6.45) is 1.65. The van der Waals surface area contributed by atoms with Crippen LogP contribution in [0.5, 0.6) is 11.5 Å². The van der Waals surface area contributed by atoms with Crippen LogP contribution in [-0.2, 0) is 16.0 Å². The van der Waals surface area contributed by atoms with Crippen LogP contribution in [0.4, 0.5) is 0 Å². The van der Waals surface area contributed by atoms with Crippen molar-refractivity contribution in [1.82, 2.24) is 0 Å². The van der Waals surface area contributed by atoms with Crippen LogP contribution in [-0.4, -0.2) is 24.7 Å². The van der Waals surface area contributed by atoms with Crippen LogP contribution in [0.15, 0.2) is 0 Å². The van der Waals surface area contributed by atoms with Crippen molar-refractivity contribution in [3.8, 4) is 11.5 Å². The third-order valence-electron chi connectivity index (χ3n) is 4.45. The summed E-state index contributed by atoms with van der Waals surface area (Å²) in [6, 6.07) is 0. The van der Waals surface area contributed by atoms with Crippen LogP contribution >= 0.6 is 11.6 Å². The SMILES string of the molecule is CCc1c(C)c(C(C)CCOC(=O)C(C)Cl)c(C)c2c1OCO2. The Balaban J connectivity index is 2.20. The zero-order chi connectivity index (χ0) is 17.1. The highest BCUT2D eigenvalue weighted by Gasteiger charge is 2.27. The van der Waals surface area contributed by atoms with Crippen LogP contribution in [0.25, 0.3) is 0 Å². The standard InChI is InChI=1S/C18H25ClO4/c1-6-14-11(3)15(12(4)16-17(14)23-9-22-16)10(2)7-8-21-18(20)13(5)19/h10,13H,6-9H2,1-5H3. The van der Waals surface area contributed by atoms with Crippen molar-refractivity contribution in [2.24, 2.45) is 0 Å². The predicted octanol–water partition coefficient (Wildman–Crippen LogP) is 4.26. The number of esters is 1. The molecule has 5 heteroatoms. The minimum absolute atomic E-state index is 0.258. The van der Waals surface area contributed by atoms with Crippen molar-refractivity contribution in [3.63, 3.8) is 0 Å². The smallest absolute Gasteiger partial charge is 0.323 e. The molecule has 0 N–H and O–H groups in total. The number of halogens is 1. The number of hydrogen-bond donors (Lipinski definition) is 0. The van der Waals surface area contributed by atoms with E-state index in [1.165, 1.54) is 16.7 Å². The van der Waals surface area contributed by atoms with Gasteiger partial charge in [-0.05, 0) is 56.2 Å². The molecule has 0 bridgehead atoms. The Morgan fingerprint density at radius 1 is 1.22 bits per heavy atom. The number of benzene rings is 1. The maximum atomic E-state index is 11.5. The van der Waals surface area contributed by atoms with Crippen LogP contribution in [0, 0.1) is 13.8 Å². The highest BCUT2D eigenvalue weighted by Crippen LogP contribution is 2.45. The minimum Gasteiger partial charge on any atom is -0.465 e. The van der Waals surface area contributed by atoms with Gasteiger partial charge >= 0.3 is 5.97 Å². The molecule has 0 saturated carbocycles. The predicted molar refractivity (Wildman–Crippen MR) is 90.7 cm³/mol. The summed E-state index contributed by atoms with van der Waals surface area (Å²) in [5.41, 5.74) is 4.84. The van der Waals surface area contributed by atoms with Gasteiger partial charge in [0.25, 0.3) is 0 Å². The van der Waals surface area contributed by atoms with Crippen molar-refractivity contribution < 1.29 is 19.0 Å². The van der Waals surface area contributed by atoms with Gasteiger partial charge < -0.3 is 14.2 Å². The third-order valence-corrected chi connectivity index (χ3v) is 4.63. The Labute approximate surface area is 143 Å². The molecule has 0 fully saturated rings. The van der Waals surface area contributed by atoms with Crippen LogP contribution < -0.4 is 9.47 Å². The van der Waals surface area contributed by atoms with Gasteiger partial charge in [-0.3, -0.25) is 4.79 Å². The van der Waals surface area contributed by atoms with Crippen molar-refractivity contribution in [1.29, 1.82) is 0 Å². The van der Waals surface area contributed by atoms with Crippen LogP contribution in [0.2, 0.25) is 0 Å². The summed E-state index contributed by atoms with van der Waals surface area (Å²) in [5.74, 6) is 1.64. The first-order chi connectivity index (χ1) is 10.9. The fraction of sp³-hybridized carbons (Fsp3) is 0.611. The summed E-state index contributed by atoms with van der Waals surface area (Å²) in [4.78, 5) is 11.5. The molecule has 4 nitrogen and oxygen atoms in total. The van der Waals surface area contributed by atoms with E-state index in [1.807, 2.05) is 0 Å². The Hall–Kier alpha value is -1.42. The Kier molecular flexibility index (Phi) is 5.79. The van der Waals surface area contributed by atoms with Gasteiger partial charge in [0.05, 0.1) is 6.61 Å². The fourth-order valence-electron chi connectivity index (χ4n) is 3.28. The Morgan fingerprint density at radius 2 is 1.87 bits per heavy atom. The molecule has 0 amide bonds. The summed E-state index contributed by atoms with van der Waals surface area (Å²) in [7, 11) is 0. The molecule has 0 saturated heterocycles. The number of ether oxygens (including phenoxy) is 3. The zero-order valence-electron chi connectivity index (χ0n) is 14.5. The molecular weight excluding hydrogens is 316 g/mol. The lowest BCUT2D eigenvalue weighted by Gasteiger charge is -2.22. The number of carbonyl (C=O) groups excluding carboxylic acids is 1. The van der Waals surface area contributed by atoms with Gasteiger partial charge in [0.15, 0.2) is 11.5 Å². The molecule has 0 aromatic heterocycles. The molecule has 0 spiro atoms. The first-order valence-electron chi connectivity index (χ1n) is 8.10. The van der Waals surface area contributed by atoms with Crippen molar-refractivity contribution in [2.75, 3.05) is 13.4 Å². The van der Waals surface area contributed by atoms with Crippen molar-refractivity contribution >= 4 is 17.6 Å². The molecule has 23 heavy (non-hydrogen) atoms. The lowest BCUT2D eigenvalue weighted by molar-refractivity contribution is -0.143. The quantitative estimate of drug-likeness (QED) is 0.573. The average Bonchev–Trinajstić information content (AvgIpc) is 2.97. The molecular formula is C18H25ClO4. The van der Waals surface area contributed by atoms with Crippen molar-refractivity contribution in [2.45, 2.75) is 58.8 Å². The first-order valence-corrected chi connectivity index (χ1v) is 8.54. The molecule has 1 heterocycles. The second-order valence-electron chi connectivity index (χ2n) is 6.03. The number of alkyl halides is 1. The summed E-state index contributed by atoms with van der Waals surface area (Å²) in [6.45, 7) is 10.7. The van der Waals surface area contributed by atoms with E-state index >= 15 is 0 Å². The normalized spacial score (nSPS) is 15.4. The molecule has 0 aliphatic carbocycles. The number of rotatable bonds is 6. The summed E-state index contributed by atoms with van der Waals surface area (Å²) in [5, 5.41) is -0.606. The maximum absolute atomic E-state index is 11.5. The molecule has 1 aromatic carbocycles. The van der Waals surface area contributed by atoms with Gasteiger partial charge in [0, 0.05) is 5.56 Å². The van der Waals surface area contributed by atoms with Gasteiger partial charge in [0.2, 0.25) is 6.79 Å². The van der Waals surface area contributed by atoms with E-state index in [-0.39, 0.29) is 18.7 Å².